The molecule has 0 radical (unpaired) electrons. The number of hydrogen-bond donors (Lipinski definition) is 3. The molecule has 0 aliphatic heterocycles. The number of aliphatic carboxylic acids is 1. The fraction of sp³-hybridized carbons (Fsp3) is 0.414. The minimum absolute atomic E-state index is 0.0172. The number of benzene rings is 1. The van der Waals surface area contributed by atoms with Crippen LogP contribution in [-0.2, 0) is 24.0 Å². The number of hydrogen-bond acceptors (Lipinski definition) is 7. The van der Waals surface area contributed by atoms with Crippen molar-refractivity contribution in [1.29, 1.82) is 0 Å². The fourth-order valence-electron chi connectivity index (χ4n) is 5.38. The van der Waals surface area contributed by atoms with Gasteiger partial charge in [-0.25, -0.2) is 14.4 Å². The first-order valence-corrected chi connectivity index (χ1v) is 13.0. The lowest BCUT2D eigenvalue weighted by atomic mass is 9.95. The second-order valence-electron chi connectivity index (χ2n) is 10.8. The van der Waals surface area contributed by atoms with Crippen LogP contribution in [0.5, 0.6) is 11.8 Å². The number of fused-ring (bicyclic) bond motifs is 3. The Morgan fingerprint density at radius 1 is 1.12 bits per heavy atom. The Morgan fingerprint density at radius 2 is 1.88 bits per heavy atom. The number of ether oxygens (including phenoxy) is 2. The molecule has 41 heavy (non-hydrogen) atoms. The molecular formula is C29H28F4N2O6. The number of aliphatic hydroxyl groups is 2. The van der Waals surface area contributed by atoms with Crippen molar-refractivity contribution in [2.24, 2.45) is 11.8 Å². The molecule has 3 aromatic rings. The van der Waals surface area contributed by atoms with Crippen molar-refractivity contribution in [2.75, 3.05) is 13.2 Å². The van der Waals surface area contributed by atoms with Crippen molar-refractivity contribution in [1.82, 2.24) is 9.97 Å². The number of pyridine rings is 2. The molecule has 2 unspecified atom stereocenters. The van der Waals surface area contributed by atoms with Gasteiger partial charge in [-0.1, -0.05) is 0 Å². The minimum Gasteiger partial charge on any atom is -0.481 e. The summed E-state index contributed by atoms with van der Waals surface area (Å²) in [5.41, 5.74) is -0.822. The lowest BCUT2D eigenvalue weighted by Gasteiger charge is -2.20. The Bertz CT molecular complexity index is 1490. The molecule has 2 aliphatic rings. The predicted octanol–water partition coefficient (Wildman–Crippen LogP) is 4.67. The van der Waals surface area contributed by atoms with E-state index in [-0.39, 0.29) is 65.6 Å². The van der Waals surface area contributed by atoms with Crippen LogP contribution in [0, 0.1) is 24.6 Å². The standard InChI is InChI=1S/C29H28F4N2O6/c1-14-17(3-4-23(35-14)40-6-5-28(2,39)13-36)18-8-16(22(30)10-21(18)29(31,32)33)12-41-24-9-15-7-19-25(20(15)11-34-24)26(19)27(37)38/h3-4,8-11,19,25-26,36,39H,5-7,12-13H2,1-2H3,(H,37,38)/t19?,25-,26+,28?/m1/s1. The number of aromatic nitrogens is 2. The third-order valence-corrected chi connectivity index (χ3v) is 7.72. The van der Waals surface area contributed by atoms with Gasteiger partial charge in [-0.05, 0) is 61.1 Å². The molecule has 5 rings (SSSR count). The number of halogens is 4. The highest BCUT2D eigenvalue weighted by atomic mass is 19.4. The first-order valence-electron chi connectivity index (χ1n) is 13.0. The third-order valence-electron chi connectivity index (χ3n) is 7.72. The molecule has 8 nitrogen and oxygen atoms in total. The van der Waals surface area contributed by atoms with Crippen molar-refractivity contribution in [2.45, 2.75) is 51.0 Å². The zero-order valence-corrected chi connectivity index (χ0v) is 22.2. The molecule has 0 saturated heterocycles. The number of nitrogens with zero attached hydrogens (tertiary/aromatic N) is 2. The van der Waals surface area contributed by atoms with E-state index >= 15 is 0 Å². The summed E-state index contributed by atoms with van der Waals surface area (Å²) < 4.78 is 67.8. The van der Waals surface area contributed by atoms with Gasteiger partial charge in [0.15, 0.2) is 0 Å². The van der Waals surface area contributed by atoms with Crippen molar-refractivity contribution in [3.63, 3.8) is 0 Å². The summed E-state index contributed by atoms with van der Waals surface area (Å²) in [6.07, 6.45) is -2.62. The zero-order chi connectivity index (χ0) is 29.7. The van der Waals surface area contributed by atoms with Crippen molar-refractivity contribution < 1.29 is 47.1 Å². The summed E-state index contributed by atoms with van der Waals surface area (Å²) in [5, 5.41) is 28.3. The van der Waals surface area contributed by atoms with Gasteiger partial charge in [0.1, 0.15) is 12.4 Å². The van der Waals surface area contributed by atoms with E-state index in [1.807, 2.05) is 0 Å². The summed E-state index contributed by atoms with van der Waals surface area (Å²) in [5.74, 6) is -2.08. The summed E-state index contributed by atoms with van der Waals surface area (Å²) in [6, 6.07) is 5.96. The van der Waals surface area contributed by atoms with E-state index in [4.69, 9.17) is 14.6 Å². The lowest BCUT2D eigenvalue weighted by Crippen LogP contribution is -2.31. The molecule has 2 aromatic heterocycles. The molecule has 0 amide bonds. The monoisotopic (exact) mass is 576 g/mol. The Balaban J connectivity index is 1.36. The molecule has 0 bridgehead atoms. The quantitative estimate of drug-likeness (QED) is 0.298. The first kappa shape index (κ1) is 28.7. The van der Waals surface area contributed by atoms with E-state index in [1.165, 1.54) is 26.0 Å². The second-order valence-corrected chi connectivity index (χ2v) is 10.8. The molecule has 3 N–H and O–H groups in total. The predicted molar refractivity (Wildman–Crippen MR) is 137 cm³/mol. The van der Waals surface area contributed by atoms with Crippen molar-refractivity contribution >= 4 is 5.97 Å². The molecule has 218 valence electrons. The number of carboxylic acid groups (broad SMARTS) is 1. The molecule has 0 spiro atoms. The highest BCUT2D eigenvalue weighted by Gasteiger charge is 2.60. The largest absolute Gasteiger partial charge is 0.481 e. The zero-order valence-electron chi connectivity index (χ0n) is 22.2. The second kappa shape index (κ2) is 10.6. The summed E-state index contributed by atoms with van der Waals surface area (Å²) in [4.78, 5) is 19.7. The molecule has 2 heterocycles. The average Bonchev–Trinajstić information content (AvgIpc) is 3.50. The fourth-order valence-corrected chi connectivity index (χ4v) is 5.38. The van der Waals surface area contributed by atoms with Gasteiger partial charge in [-0.2, -0.15) is 13.2 Å². The highest BCUT2D eigenvalue weighted by Crippen LogP contribution is 2.61. The van der Waals surface area contributed by atoms with E-state index in [9.17, 15) is 32.6 Å². The topological polar surface area (TPSA) is 122 Å². The van der Waals surface area contributed by atoms with Crippen LogP contribution in [0.4, 0.5) is 17.6 Å². The van der Waals surface area contributed by atoms with Gasteiger partial charge in [-0.3, -0.25) is 4.79 Å². The minimum atomic E-state index is -4.84. The van der Waals surface area contributed by atoms with Crippen LogP contribution in [0.15, 0.2) is 36.5 Å². The van der Waals surface area contributed by atoms with Gasteiger partial charge in [0.2, 0.25) is 11.8 Å². The number of alkyl halides is 3. The average molecular weight is 577 g/mol. The highest BCUT2D eigenvalue weighted by molar-refractivity contribution is 5.77. The SMILES string of the molecule is Cc1nc(OCCC(C)(O)CO)ccc1-c1cc(COc2cc3c(cn2)[C@H]2C(C3)[C@@H]2C(=O)O)c(F)cc1C(F)(F)F. The molecular weight excluding hydrogens is 548 g/mol. The number of carbonyl (C=O) groups is 1. The van der Waals surface area contributed by atoms with Crippen molar-refractivity contribution in [3.05, 3.63) is 70.3 Å². The molecule has 12 heteroatoms. The summed E-state index contributed by atoms with van der Waals surface area (Å²) in [7, 11) is 0. The Hall–Kier alpha value is -3.77. The third kappa shape index (κ3) is 5.84. The van der Waals surface area contributed by atoms with Gasteiger partial charge in [0.05, 0.1) is 30.3 Å². The van der Waals surface area contributed by atoms with Crippen LogP contribution in [0.25, 0.3) is 11.1 Å². The van der Waals surface area contributed by atoms with Crippen LogP contribution < -0.4 is 9.47 Å². The molecule has 1 fully saturated rings. The smallest absolute Gasteiger partial charge is 0.417 e. The lowest BCUT2D eigenvalue weighted by molar-refractivity contribution is -0.139. The van der Waals surface area contributed by atoms with E-state index in [0.29, 0.717) is 12.5 Å². The van der Waals surface area contributed by atoms with Gasteiger partial charge in [0.25, 0.3) is 0 Å². The Labute approximate surface area is 232 Å². The summed E-state index contributed by atoms with van der Waals surface area (Å²) in [6.45, 7) is 2.11. The molecule has 1 aromatic carbocycles. The molecule has 4 atom stereocenters. The van der Waals surface area contributed by atoms with Crippen LogP contribution in [0.3, 0.4) is 0 Å². The number of aryl methyl sites for hydroxylation is 1. The van der Waals surface area contributed by atoms with Crippen LogP contribution >= 0.6 is 0 Å². The molecule has 1 saturated carbocycles. The number of carboxylic acids is 1. The Kier molecular flexibility index (Phi) is 7.41. The normalized spacial score (nSPS) is 20.6. The van der Waals surface area contributed by atoms with E-state index < -0.39 is 41.7 Å². The van der Waals surface area contributed by atoms with Crippen molar-refractivity contribution in [3.8, 4) is 22.9 Å². The van der Waals surface area contributed by atoms with Crippen LogP contribution in [0.1, 0.15) is 47.2 Å². The van der Waals surface area contributed by atoms with Gasteiger partial charge in [0, 0.05) is 47.5 Å². The van der Waals surface area contributed by atoms with E-state index in [1.54, 1.807) is 12.3 Å². The van der Waals surface area contributed by atoms with E-state index in [2.05, 4.69) is 9.97 Å². The summed E-state index contributed by atoms with van der Waals surface area (Å²) >= 11 is 0. The number of aliphatic hydroxyl groups excluding tert-OH is 1. The maximum atomic E-state index is 14.9. The van der Waals surface area contributed by atoms with Gasteiger partial charge < -0.3 is 24.8 Å². The maximum Gasteiger partial charge on any atom is 0.417 e. The van der Waals surface area contributed by atoms with Gasteiger partial charge >= 0.3 is 12.1 Å². The maximum absolute atomic E-state index is 14.9. The number of rotatable bonds is 10. The molecule has 2 aliphatic carbocycles. The van der Waals surface area contributed by atoms with Gasteiger partial charge in [-0.15, -0.1) is 0 Å². The van der Waals surface area contributed by atoms with Crippen LogP contribution in [-0.4, -0.2) is 50.1 Å². The van der Waals surface area contributed by atoms with Crippen LogP contribution in [0.2, 0.25) is 0 Å². The first-order chi connectivity index (χ1) is 19.3. The van der Waals surface area contributed by atoms with E-state index in [0.717, 1.165) is 17.2 Å². The Morgan fingerprint density at radius 3 is 2.54 bits per heavy atom.